The second-order valence-electron chi connectivity index (χ2n) is 5.65. The molecule has 0 spiro atoms. The number of methoxy groups -OCH3 is 1. The smallest absolute Gasteiger partial charge is 0.270 e. The van der Waals surface area contributed by atoms with Crippen LogP contribution in [0.4, 0.5) is 0 Å². The van der Waals surface area contributed by atoms with Crippen molar-refractivity contribution >= 4 is 5.91 Å². The van der Waals surface area contributed by atoms with E-state index in [1.165, 1.54) is 32.2 Å². The number of carbonyl (C=O) groups excluding carboxylic acids is 1. The molecule has 1 aliphatic heterocycles. The van der Waals surface area contributed by atoms with Gasteiger partial charge >= 0.3 is 0 Å². The van der Waals surface area contributed by atoms with Gasteiger partial charge in [-0.15, -0.1) is 0 Å². The van der Waals surface area contributed by atoms with Crippen molar-refractivity contribution in [3.8, 4) is 5.75 Å². The van der Waals surface area contributed by atoms with E-state index in [0.717, 1.165) is 0 Å². The van der Waals surface area contributed by atoms with Crippen LogP contribution in [0.15, 0.2) is 17.1 Å². The zero-order valence-corrected chi connectivity index (χ0v) is 11.5. The lowest BCUT2D eigenvalue weighted by Gasteiger charge is -2.16. The van der Waals surface area contributed by atoms with Crippen LogP contribution < -0.4 is 15.9 Å². The summed E-state index contributed by atoms with van der Waals surface area (Å²) in [4.78, 5) is 28.7. The SMILES string of the molecule is COc1c[nH]c(C(=O)N2C[C@H](C3CC3)[C@@H](N)C2)cc1=O. The van der Waals surface area contributed by atoms with Crippen LogP contribution >= 0.6 is 0 Å². The third-order valence-electron chi connectivity index (χ3n) is 4.25. The van der Waals surface area contributed by atoms with Crippen LogP contribution in [-0.4, -0.2) is 42.0 Å². The first kappa shape index (κ1) is 13.2. The van der Waals surface area contributed by atoms with Gasteiger partial charge in [-0.3, -0.25) is 9.59 Å². The average Bonchev–Trinajstić information content (AvgIpc) is 3.21. The highest BCUT2D eigenvalue weighted by atomic mass is 16.5. The molecule has 1 amide bonds. The van der Waals surface area contributed by atoms with Gasteiger partial charge in [0.15, 0.2) is 5.75 Å². The molecular weight excluding hydrogens is 258 g/mol. The minimum atomic E-state index is -0.295. The lowest BCUT2D eigenvalue weighted by Crippen LogP contribution is -2.33. The molecule has 2 heterocycles. The molecule has 6 heteroatoms. The Bertz CT molecular complexity index is 579. The van der Waals surface area contributed by atoms with Crippen LogP contribution in [0.25, 0.3) is 0 Å². The number of hydrogen-bond donors (Lipinski definition) is 2. The van der Waals surface area contributed by atoms with E-state index in [-0.39, 0.29) is 23.1 Å². The summed E-state index contributed by atoms with van der Waals surface area (Å²) >= 11 is 0. The van der Waals surface area contributed by atoms with E-state index >= 15 is 0 Å². The summed E-state index contributed by atoms with van der Waals surface area (Å²) in [6, 6.07) is 1.34. The van der Waals surface area contributed by atoms with Crippen molar-refractivity contribution in [2.75, 3.05) is 20.2 Å². The van der Waals surface area contributed by atoms with Crippen LogP contribution in [-0.2, 0) is 0 Å². The lowest BCUT2D eigenvalue weighted by molar-refractivity contribution is 0.0779. The number of rotatable bonds is 3. The monoisotopic (exact) mass is 277 g/mol. The van der Waals surface area contributed by atoms with E-state index in [4.69, 9.17) is 10.5 Å². The third-order valence-corrected chi connectivity index (χ3v) is 4.25. The third kappa shape index (κ3) is 2.31. The van der Waals surface area contributed by atoms with Gasteiger partial charge in [-0.05, 0) is 24.7 Å². The number of nitrogens with two attached hydrogens (primary N) is 1. The van der Waals surface area contributed by atoms with Crippen LogP contribution in [0, 0.1) is 11.8 Å². The molecule has 2 fully saturated rings. The van der Waals surface area contributed by atoms with Gasteiger partial charge < -0.3 is 20.4 Å². The Morgan fingerprint density at radius 1 is 1.45 bits per heavy atom. The van der Waals surface area contributed by atoms with E-state index in [0.29, 0.717) is 30.6 Å². The predicted molar refractivity (Wildman–Crippen MR) is 73.7 cm³/mol. The fourth-order valence-corrected chi connectivity index (χ4v) is 2.95. The van der Waals surface area contributed by atoms with Crippen LogP contribution in [0.3, 0.4) is 0 Å². The van der Waals surface area contributed by atoms with Crippen molar-refractivity contribution in [2.45, 2.75) is 18.9 Å². The van der Waals surface area contributed by atoms with Gasteiger partial charge in [0, 0.05) is 31.4 Å². The number of aromatic amines is 1. The molecule has 1 saturated heterocycles. The topological polar surface area (TPSA) is 88.4 Å². The number of H-pyrrole nitrogens is 1. The molecule has 0 bridgehead atoms. The Kier molecular flexibility index (Phi) is 3.25. The first-order valence-electron chi connectivity index (χ1n) is 6.91. The second-order valence-corrected chi connectivity index (χ2v) is 5.65. The van der Waals surface area contributed by atoms with Gasteiger partial charge in [0.05, 0.1) is 7.11 Å². The molecule has 0 aromatic carbocycles. The Hall–Kier alpha value is -1.82. The minimum absolute atomic E-state index is 0.0522. The van der Waals surface area contributed by atoms with E-state index in [9.17, 15) is 9.59 Å². The van der Waals surface area contributed by atoms with Crippen molar-refractivity contribution < 1.29 is 9.53 Å². The number of hydrogen-bond acceptors (Lipinski definition) is 4. The highest BCUT2D eigenvalue weighted by molar-refractivity contribution is 5.92. The number of nitrogens with zero attached hydrogens (tertiary/aromatic N) is 1. The summed E-state index contributed by atoms with van der Waals surface area (Å²) in [6.45, 7) is 1.26. The molecule has 1 aromatic rings. The molecule has 0 unspecified atom stereocenters. The Morgan fingerprint density at radius 3 is 2.80 bits per heavy atom. The molecule has 1 saturated carbocycles. The Morgan fingerprint density at radius 2 is 2.20 bits per heavy atom. The summed E-state index contributed by atoms with van der Waals surface area (Å²) in [5, 5.41) is 0. The molecule has 2 aliphatic rings. The molecule has 108 valence electrons. The highest BCUT2D eigenvalue weighted by Crippen LogP contribution is 2.41. The highest BCUT2D eigenvalue weighted by Gasteiger charge is 2.42. The molecular formula is C14H19N3O3. The van der Waals surface area contributed by atoms with E-state index in [2.05, 4.69) is 4.98 Å². The number of likely N-dealkylation sites (tertiary alicyclic amines) is 1. The first-order valence-corrected chi connectivity index (χ1v) is 6.91. The van der Waals surface area contributed by atoms with Crippen LogP contribution in [0.2, 0.25) is 0 Å². The average molecular weight is 277 g/mol. The molecule has 1 aromatic heterocycles. The summed E-state index contributed by atoms with van der Waals surface area (Å²) < 4.78 is 4.89. The standard InChI is InChI=1S/C14H19N3O3/c1-20-13-5-16-11(4-12(13)18)14(19)17-6-9(8-2-3-8)10(15)7-17/h4-5,8-10H,2-3,6-7,15H2,1H3,(H,16,18)/t9-,10+/m1/s1. The zero-order chi connectivity index (χ0) is 14.3. The number of pyridine rings is 1. The Balaban J connectivity index is 1.76. The maximum absolute atomic E-state index is 12.4. The number of aromatic nitrogens is 1. The molecule has 0 radical (unpaired) electrons. The second kappa shape index (κ2) is 4.94. The maximum atomic E-state index is 12.4. The van der Waals surface area contributed by atoms with E-state index < -0.39 is 0 Å². The first-order chi connectivity index (χ1) is 9.60. The van der Waals surface area contributed by atoms with Crippen molar-refractivity contribution in [1.29, 1.82) is 0 Å². The fourth-order valence-electron chi connectivity index (χ4n) is 2.95. The van der Waals surface area contributed by atoms with Gasteiger partial charge in [0.25, 0.3) is 5.91 Å². The zero-order valence-electron chi connectivity index (χ0n) is 11.5. The molecule has 2 atom stereocenters. The Labute approximate surface area is 116 Å². The quantitative estimate of drug-likeness (QED) is 0.825. The van der Waals surface area contributed by atoms with Gasteiger partial charge in [-0.2, -0.15) is 0 Å². The number of amides is 1. The number of nitrogens with one attached hydrogen (secondary N) is 1. The normalized spacial score (nSPS) is 25.8. The molecule has 20 heavy (non-hydrogen) atoms. The minimum Gasteiger partial charge on any atom is -0.491 e. The molecule has 6 nitrogen and oxygen atoms in total. The van der Waals surface area contributed by atoms with Gasteiger partial charge in [-0.25, -0.2) is 0 Å². The predicted octanol–water partition coefficient (Wildman–Crippen LogP) is 0.193. The van der Waals surface area contributed by atoms with E-state index in [1.54, 1.807) is 4.90 Å². The molecule has 3 N–H and O–H groups in total. The van der Waals surface area contributed by atoms with Crippen LogP contribution in [0.1, 0.15) is 23.3 Å². The maximum Gasteiger partial charge on any atom is 0.270 e. The van der Waals surface area contributed by atoms with Crippen LogP contribution in [0.5, 0.6) is 5.75 Å². The van der Waals surface area contributed by atoms with Crippen molar-refractivity contribution in [3.05, 3.63) is 28.2 Å². The van der Waals surface area contributed by atoms with Crippen molar-refractivity contribution in [3.63, 3.8) is 0 Å². The fraction of sp³-hybridized carbons (Fsp3) is 0.571. The largest absolute Gasteiger partial charge is 0.491 e. The van der Waals surface area contributed by atoms with Crippen molar-refractivity contribution in [1.82, 2.24) is 9.88 Å². The number of carbonyl (C=O) groups is 1. The summed E-state index contributed by atoms with van der Waals surface area (Å²) in [5.41, 5.74) is 6.11. The van der Waals surface area contributed by atoms with Gasteiger partial charge in [-0.1, -0.05) is 0 Å². The summed E-state index contributed by atoms with van der Waals surface area (Å²) in [7, 11) is 1.42. The van der Waals surface area contributed by atoms with Gasteiger partial charge in [0.2, 0.25) is 5.43 Å². The summed E-state index contributed by atoms with van der Waals surface area (Å²) in [6.07, 6.45) is 3.86. The molecule has 1 aliphatic carbocycles. The number of ether oxygens (including phenoxy) is 1. The van der Waals surface area contributed by atoms with Gasteiger partial charge in [0.1, 0.15) is 5.69 Å². The summed E-state index contributed by atoms with van der Waals surface area (Å²) in [5.74, 6) is 1.13. The van der Waals surface area contributed by atoms with Crippen molar-refractivity contribution in [2.24, 2.45) is 17.6 Å². The molecule has 3 rings (SSSR count). The lowest BCUT2D eigenvalue weighted by atomic mass is 9.99. The van der Waals surface area contributed by atoms with E-state index in [1.807, 2.05) is 0 Å².